The van der Waals surface area contributed by atoms with Crippen molar-refractivity contribution in [1.29, 1.82) is 0 Å². The van der Waals surface area contributed by atoms with Crippen LogP contribution in [0.3, 0.4) is 0 Å². The molecular formula is C10H10ClN3. The smallest absolute Gasteiger partial charge is 0.123 e. The number of halogens is 1. The summed E-state index contributed by atoms with van der Waals surface area (Å²) in [4.78, 5) is 8.11. The van der Waals surface area contributed by atoms with Crippen LogP contribution in [0.15, 0.2) is 36.9 Å². The van der Waals surface area contributed by atoms with Gasteiger partial charge in [0.2, 0.25) is 0 Å². The van der Waals surface area contributed by atoms with E-state index in [2.05, 4.69) is 9.97 Å². The molecule has 2 rings (SSSR count). The Kier molecular flexibility index (Phi) is 2.79. The van der Waals surface area contributed by atoms with Crippen LogP contribution < -0.4 is 0 Å². The van der Waals surface area contributed by atoms with Gasteiger partial charge >= 0.3 is 0 Å². The van der Waals surface area contributed by atoms with Crippen molar-refractivity contribution in [2.75, 3.05) is 0 Å². The molecule has 72 valence electrons. The summed E-state index contributed by atoms with van der Waals surface area (Å²) in [5.74, 6) is 1.33. The Balaban J connectivity index is 2.19. The first kappa shape index (κ1) is 9.21. The first-order valence-electron chi connectivity index (χ1n) is 4.35. The Morgan fingerprint density at radius 1 is 1.21 bits per heavy atom. The summed E-state index contributed by atoms with van der Waals surface area (Å²) in [7, 11) is 0. The molecule has 0 radical (unpaired) electrons. The minimum absolute atomic E-state index is 0.443. The van der Waals surface area contributed by atoms with E-state index < -0.39 is 0 Å². The van der Waals surface area contributed by atoms with Crippen LogP contribution in [0.4, 0.5) is 0 Å². The molecule has 14 heavy (non-hydrogen) atoms. The van der Waals surface area contributed by atoms with Crippen LogP contribution in [0.2, 0.25) is 0 Å². The highest BCUT2D eigenvalue weighted by Crippen LogP contribution is 2.06. The molecule has 0 saturated carbocycles. The molecule has 0 bridgehead atoms. The van der Waals surface area contributed by atoms with Crippen LogP contribution in [0, 0.1) is 0 Å². The third kappa shape index (κ3) is 1.93. The largest absolute Gasteiger partial charge is 0.330 e. The molecule has 0 atom stereocenters. The topological polar surface area (TPSA) is 30.7 Å². The molecule has 0 N–H and O–H groups in total. The molecule has 0 aromatic carbocycles. The van der Waals surface area contributed by atoms with E-state index in [1.165, 1.54) is 5.56 Å². The average molecular weight is 208 g/mol. The van der Waals surface area contributed by atoms with Gasteiger partial charge in [-0.05, 0) is 17.7 Å². The SMILES string of the molecule is ClCc1nccn1Cc1ccncc1. The number of nitrogens with zero attached hydrogens (tertiary/aromatic N) is 3. The van der Waals surface area contributed by atoms with E-state index in [4.69, 9.17) is 11.6 Å². The Morgan fingerprint density at radius 2 is 2.00 bits per heavy atom. The van der Waals surface area contributed by atoms with Crippen LogP contribution >= 0.6 is 11.6 Å². The first-order chi connectivity index (χ1) is 6.90. The van der Waals surface area contributed by atoms with Crippen molar-refractivity contribution in [2.45, 2.75) is 12.4 Å². The lowest BCUT2D eigenvalue weighted by atomic mass is 10.3. The van der Waals surface area contributed by atoms with Crippen molar-refractivity contribution >= 4 is 11.6 Å². The Hall–Kier alpha value is -1.35. The van der Waals surface area contributed by atoms with Gasteiger partial charge in [0.1, 0.15) is 5.82 Å². The Bertz CT molecular complexity index is 397. The summed E-state index contributed by atoms with van der Waals surface area (Å²) in [5, 5.41) is 0. The van der Waals surface area contributed by atoms with Gasteiger partial charge in [0.15, 0.2) is 0 Å². The van der Waals surface area contributed by atoms with Gasteiger partial charge in [0.05, 0.1) is 5.88 Å². The van der Waals surface area contributed by atoms with Gasteiger partial charge in [-0.3, -0.25) is 4.98 Å². The molecule has 2 heterocycles. The molecular weight excluding hydrogens is 198 g/mol. The van der Waals surface area contributed by atoms with E-state index >= 15 is 0 Å². The van der Waals surface area contributed by atoms with Gasteiger partial charge in [-0.25, -0.2) is 4.98 Å². The van der Waals surface area contributed by atoms with Gasteiger partial charge in [-0.15, -0.1) is 11.6 Å². The van der Waals surface area contributed by atoms with E-state index in [1.54, 1.807) is 18.6 Å². The van der Waals surface area contributed by atoms with Crippen LogP contribution in [0.1, 0.15) is 11.4 Å². The van der Waals surface area contributed by atoms with Crippen molar-refractivity contribution in [3.05, 3.63) is 48.3 Å². The number of imidazole rings is 1. The zero-order valence-electron chi connectivity index (χ0n) is 7.60. The summed E-state index contributed by atoms with van der Waals surface area (Å²) in [5.41, 5.74) is 1.20. The summed E-state index contributed by atoms with van der Waals surface area (Å²) >= 11 is 5.74. The standard InChI is InChI=1S/C10H10ClN3/c11-7-10-13-5-6-14(10)8-9-1-3-12-4-2-9/h1-6H,7-8H2. The summed E-state index contributed by atoms with van der Waals surface area (Å²) in [6, 6.07) is 3.97. The minimum atomic E-state index is 0.443. The molecule has 0 aliphatic rings. The zero-order valence-corrected chi connectivity index (χ0v) is 8.35. The third-order valence-electron chi connectivity index (χ3n) is 2.02. The fourth-order valence-electron chi connectivity index (χ4n) is 1.30. The van der Waals surface area contributed by atoms with Crippen LogP contribution in [-0.4, -0.2) is 14.5 Å². The van der Waals surface area contributed by atoms with Crippen molar-refractivity contribution in [3.63, 3.8) is 0 Å². The molecule has 2 aromatic rings. The summed E-state index contributed by atoms with van der Waals surface area (Å²) in [6.45, 7) is 0.796. The molecule has 4 heteroatoms. The maximum Gasteiger partial charge on any atom is 0.123 e. The molecule has 0 aliphatic heterocycles. The number of pyridine rings is 1. The van der Waals surface area contributed by atoms with E-state index in [1.807, 2.05) is 22.9 Å². The Labute approximate surface area is 87.4 Å². The molecule has 0 spiro atoms. The second kappa shape index (κ2) is 4.24. The second-order valence-corrected chi connectivity index (χ2v) is 3.23. The fraction of sp³-hybridized carbons (Fsp3) is 0.200. The average Bonchev–Trinajstić information content (AvgIpc) is 2.67. The van der Waals surface area contributed by atoms with E-state index in [9.17, 15) is 0 Å². The second-order valence-electron chi connectivity index (χ2n) is 2.96. The number of aromatic nitrogens is 3. The van der Waals surface area contributed by atoms with E-state index in [0.29, 0.717) is 5.88 Å². The van der Waals surface area contributed by atoms with Crippen molar-refractivity contribution < 1.29 is 0 Å². The van der Waals surface area contributed by atoms with Gasteiger partial charge in [-0.1, -0.05) is 0 Å². The fourth-order valence-corrected chi connectivity index (χ4v) is 1.52. The molecule has 0 amide bonds. The van der Waals surface area contributed by atoms with Gasteiger partial charge in [0.25, 0.3) is 0 Å². The molecule has 0 fully saturated rings. The number of hydrogen-bond acceptors (Lipinski definition) is 2. The first-order valence-corrected chi connectivity index (χ1v) is 4.88. The van der Waals surface area contributed by atoms with Crippen LogP contribution in [-0.2, 0) is 12.4 Å². The molecule has 3 nitrogen and oxygen atoms in total. The maximum atomic E-state index is 5.74. The van der Waals surface area contributed by atoms with Crippen molar-refractivity contribution in [1.82, 2.24) is 14.5 Å². The third-order valence-corrected chi connectivity index (χ3v) is 2.26. The minimum Gasteiger partial charge on any atom is -0.330 e. The van der Waals surface area contributed by atoms with E-state index in [-0.39, 0.29) is 0 Å². The predicted octanol–water partition coefficient (Wildman–Crippen LogP) is 2.07. The number of rotatable bonds is 3. The lowest BCUT2D eigenvalue weighted by molar-refractivity contribution is 0.754. The van der Waals surface area contributed by atoms with Crippen molar-refractivity contribution in [3.8, 4) is 0 Å². The highest BCUT2D eigenvalue weighted by Gasteiger charge is 2.00. The summed E-state index contributed by atoms with van der Waals surface area (Å²) in [6.07, 6.45) is 7.26. The molecule has 0 unspecified atom stereocenters. The maximum absolute atomic E-state index is 5.74. The number of alkyl halides is 1. The summed E-state index contributed by atoms with van der Waals surface area (Å²) < 4.78 is 2.03. The van der Waals surface area contributed by atoms with Gasteiger partial charge in [-0.2, -0.15) is 0 Å². The van der Waals surface area contributed by atoms with Crippen LogP contribution in [0.25, 0.3) is 0 Å². The lowest BCUT2D eigenvalue weighted by Gasteiger charge is -2.04. The molecule has 0 aliphatic carbocycles. The van der Waals surface area contributed by atoms with Gasteiger partial charge in [0, 0.05) is 31.3 Å². The normalized spacial score (nSPS) is 10.4. The molecule has 0 saturated heterocycles. The monoisotopic (exact) mass is 207 g/mol. The molecule has 2 aromatic heterocycles. The quantitative estimate of drug-likeness (QED) is 0.722. The van der Waals surface area contributed by atoms with Crippen molar-refractivity contribution in [2.24, 2.45) is 0 Å². The number of hydrogen-bond donors (Lipinski definition) is 0. The van der Waals surface area contributed by atoms with Gasteiger partial charge < -0.3 is 4.57 Å². The Morgan fingerprint density at radius 3 is 2.71 bits per heavy atom. The van der Waals surface area contributed by atoms with Crippen LogP contribution in [0.5, 0.6) is 0 Å². The highest BCUT2D eigenvalue weighted by atomic mass is 35.5. The van der Waals surface area contributed by atoms with E-state index in [0.717, 1.165) is 12.4 Å². The highest BCUT2D eigenvalue weighted by molar-refractivity contribution is 6.16. The predicted molar refractivity (Wildman–Crippen MR) is 55.1 cm³/mol. The lowest BCUT2D eigenvalue weighted by Crippen LogP contribution is -2.02. The zero-order chi connectivity index (χ0) is 9.80.